The van der Waals surface area contributed by atoms with Crippen molar-refractivity contribution in [2.75, 3.05) is 4.72 Å². The summed E-state index contributed by atoms with van der Waals surface area (Å²) < 4.78 is 5.50. The summed E-state index contributed by atoms with van der Waals surface area (Å²) in [5, 5.41) is 3.25. The Morgan fingerprint density at radius 3 is 2.48 bits per heavy atom. The minimum Gasteiger partial charge on any atom is -0.328 e. The molecule has 0 heterocycles. The maximum Gasteiger partial charge on any atom is 0.326 e. The molecule has 1 atom stereocenters. The molecule has 0 bridgehead atoms. The molecule has 3 N–H and O–H groups in total. The van der Waals surface area contributed by atoms with Gasteiger partial charge in [0.25, 0.3) is 0 Å². The molecule has 0 aromatic heterocycles. The minimum atomic E-state index is -0.575. The van der Waals surface area contributed by atoms with Crippen molar-refractivity contribution in [3.63, 3.8) is 0 Å². The zero-order chi connectivity index (χ0) is 16.5. The van der Waals surface area contributed by atoms with E-state index in [-0.39, 0.29) is 0 Å². The van der Waals surface area contributed by atoms with Crippen LogP contribution in [-0.2, 0) is 11.2 Å². The van der Waals surface area contributed by atoms with Gasteiger partial charge in [-0.3, -0.25) is 4.72 Å². The number of rotatable bonds is 7. The Balaban J connectivity index is 1.74. The van der Waals surface area contributed by atoms with Crippen molar-refractivity contribution in [1.29, 1.82) is 0 Å². The first-order chi connectivity index (χ1) is 11.2. The molecular formula is C16H16ClN3O2S. The van der Waals surface area contributed by atoms with Crippen molar-refractivity contribution in [2.45, 2.75) is 12.5 Å². The quantitative estimate of drug-likeness (QED) is 0.529. The van der Waals surface area contributed by atoms with Crippen molar-refractivity contribution in [1.82, 2.24) is 10.0 Å². The fourth-order valence-electron chi connectivity index (χ4n) is 1.85. The number of halogens is 1. The Morgan fingerprint density at radius 2 is 1.83 bits per heavy atom. The Labute approximate surface area is 144 Å². The van der Waals surface area contributed by atoms with Crippen LogP contribution < -0.4 is 14.8 Å². The first-order valence-electron chi connectivity index (χ1n) is 6.90. The van der Waals surface area contributed by atoms with E-state index < -0.39 is 12.1 Å². The smallest absolute Gasteiger partial charge is 0.326 e. The highest BCUT2D eigenvalue weighted by molar-refractivity contribution is 7.99. The van der Waals surface area contributed by atoms with Crippen LogP contribution >= 0.6 is 23.7 Å². The van der Waals surface area contributed by atoms with Crippen LogP contribution in [-0.4, -0.2) is 18.4 Å². The number of amides is 2. The number of aldehydes is 1. The second-order valence-corrected chi connectivity index (χ2v) is 5.77. The van der Waals surface area contributed by atoms with Crippen molar-refractivity contribution < 1.29 is 9.59 Å². The van der Waals surface area contributed by atoms with Crippen LogP contribution in [0.1, 0.15) is 5.56 Å². The van der Waals surface area contributed by atoms with Crippen LogP contribution in [0.4, 0.5) is 10.5 Å². The number of hydrogen-bond donors (Lipinski definition) is 3. The Bertz CT molecular complexity index is 638. The molecule has 2 aromatic carbocycles. The largest absolute Gasteiger partial charge is 0.328 e. The van der Waals surface area contributed by atoms with E-state index >= 15 is 0 Å². The number of carbonyl (C=O) groups excluding carboxylic acids is 2. The Hall–Kier alpha value is -2.18. The van der Waals surface area contributed by atoms with Gasteiger partial charge in [-0.1, -0.05) is 41.9 Å². The molecule has 2 rings (SSSR count). The third kappa shape index (κ3) is 6.22. The molecule has 0 aliphatic carbocycles. The maximum absolute atomic E-state index is 11.8. The molecule has 0 aliphatic heterocycles. The van der Waals surface area contributed by atoms with Gasteiger partial charge in [0, 0.05) is 10.7 Å². The van der Waals surface area contributed by atoms with Gasteiger partial charge < -0.3 is 14.8 Å². The summed E-state index contributed by atoms with van der Waals surface area (Å²) in [6, 6.07) is 15.6. The number of hydrogen-bond acceptors (Lipinski definition) is 4. The van der Waals surface area contributed by atoms with E-state index in [0.717, 1.165) is 29.7 Å². The highest BCUT2D eigenvalue weighted by Crippen LogP contribution is 2.15. The Kier molecular flexibility index (Phi) is 6.77. The molecule has 7 heteroatoms. The second kappa shape index (κ2) is 9.07. The van der Waals surface area contributed by atoms with Gasteiger partial charge in [-0.15, -0.1) is 0 Å². The lowest BCUT2D eigenvalue weighted by Crippen LogP contribution is -2.42. The molecule has 2 aromatic rings. The van der Waals surface area contributed by atoms with Gasteiger partial charge in [-0.05, 0) is 36.2 Å². The fraction of sp³-hybridized carbons (Fsp3) is 0.125. The zero-order valence-electron chi connectivity index (χ0n) is 12.2. The van der Waals surface area contributed by atoms with E-state index in [4.69, 9.17) is 11.6 Å². The summed E-state index contributed by atoms with van der Waals surface area (Å²) in [5.74, 6) is 0. The number of urea groups is 1. The molecule has 5 nitrogen and oxygen atoms in total. The third-order valence-electron chi connectivity index (χ3n) is 2.94. The summed E-state index contributed by atoms with van der Waals surface area (Å²) in [7, 11) is 0. The van der Waals surface area contributed by atoms with Crippen molar-refractivity contribution >= 4 is 41.7 Å². The van der Waals surface area contributed by atoms with Crippen LogP contribution in [0.3, 0.4) is 0 Å². The van der Waals surface area contributed by atoms with Crippen LogP contribution in [0.15, 0.2) is 54.6 Å². The van der Waals surface area contributed by atoms with Gasteiger partial charge in [-0.2, -0.15) is 0 Å². The first kappa shape index (κ1) is 17.2. The molecule has 23 heavy (non-hydrogen) atoms. The monoisotopic (exact) mass is 349 g/mol. The van der Waals surface area contributed by atoms with Gasteiger partial charge in [0.05, 0.1) is 18.2 Å². The topological polar surface area (TPSA) is 70.2 Å². The van der Waals surface area contributed by atoms with E-state index in [1.165, 1.54) is 0 Å². The summed E-state index contributed by atoms with van der Waals surface area (Å²) in [6.07, 6.45) is 1.18. The fourth-order valence-corrected chi connectivity index (χ4v) is 2.43. The lowest BCUT2D eigenvalue weighted by atomic mass is 10.1. The molecule has 0 radical (unpaired) electrons. The summed E-state index contributed by atoms with van der Waals surface area (Å²) in [6.45, 7) is 0. The third-order valence-corrected chi connectivity index (χ3v) is 3.81. The van der Waals surface area contributed by atoms with Crippen LogP contribution in [0, 0.1) is 0 Å². The molecule has 0 fully saturated rings. The van der Waals surface area contributed by atoms with Crippen molar-refractivity contribution in [3.05, 3.63) is 65.2 Å². The highest BCUT2D eigenvalue weighted by Gasteiger charge is 2.11. The molecule has 0 saturated carbocycles. The van der Waals surface area contributed by atoms with E-state index in [0.29, 0.717) is 11.4 Å². The molecule has 1 unspecified atom stereocenters. The van der Waals surface area contributed by atoms with Crippen LogP contribution in [0.5, 0.6) is 0 Å². The number of nitrogens with one attached hydrogen (secondary N) is 3. The van der Waals surface area contributed by atoms with Gasteiger partial charge in [0.15, 0.2) is 0 Å². The SMILES string of the molecule is O=CC(Cc1ccccc1)NC(=O)NSNc1ccc(Cl)cc1. The molecular weight excluding hydrogens is 334 g/mol. The lowest BCUT2D eigenvalue weighted by molar-refractivity contribution is -0.109. The zero-order valence-corrected chi connectivity index (χ0v) is 13.7. The average Bonchev–Trinajstić information content (AvgIpc) is 2.57. The second-order valence-electron chi connectivity index (χ2n) is 4.72. The average molecular weight is 350 g/mol. The number of carbonyl (C=O) groups is 2. The summed E-state index contributed by atoms with van der Waals surface area (Å²) in [5.41, 5.74) is 1.78. The van der Waals surface area contributed by atoms with Crippen LogP contribution in [0.25, 0.3) is 0 Å². The molecule has 2 amide bonds. The Morgan fingerprint density at radius 1 is 1.13 bits per heavy atom. The van der Waals surface area contributed by atoms with Crippen molar-refractivity contribution in [2.24, 2.45) is 0 Å². The van der Waals surface area contributed by atoms with Gasteiger partial charge in [0.1, 0.15) is 6.29 Å². The molecule has 0 saturated heterocycles. The van der Waals surface area contributed by atoms with E-state index in [2.05, 4.69) is 14.8 Å². The maximum atomic E-state index is 11.8. The van der Waals surface area contributed by atoms with Crippen LogP contribution in [0.2, 0.25) is 5.02 Å². The van der Waals surface area contributed by atoms with Gasteiger partial charge in [0.2, 0.25) is 0 Å². The lowest BCUT2D eigenvalue weighted by Gasteiger charge is -2.13. The number of benzene rings is 2. The summed E-state index contributed by atoms with van der Waals surface area (Å²) >= 11 is 6.80. The van der Waals surface area contributed by atoms with Gasteiger partial charge in [-0.25, -0.2) is 4.79 Å². The first-order valence-corrected chi connectivity index (χ1v) is 8.10. The molecule has 0 aliphatic rings. The normalized spacial score (nSPS) is 11.3. The number of anilines is 1. The minimum absolute atomic E-state index is 0.440. The summed E-state index contributed by atoms with van der Waals surface area (Å²) in [4.78, 5) is 22.9. The molecule has 0 spiro atoms. The van der Waals surface area contributed by atoms with E-state index in [9.17, 15) is 9.59 Å². The predicted molar refractivity (Wildman–Crippen MR) is 94.3 cm³/mol. The molecule has 120 valence electrons. The van der Waals surface area contributed by atoms with E-state index in [1.54, 1.807) is 24.3 Å². The van der Waals surface area contributed by atoms with Crippen molar-refractivity contribution in [3.8, 4) is 0 Å². The standard InChI is InChI=1S/C16H16ClN3O2S/c17-13-6-8-14(9-7-13)19-23-20-16(22)18-15(11-21)10-12-4-2-1-3-5-12/h1-9,11,15,19H,10H2,(H2,18,20,22). The van der Waals surface area contributed by atoms with Gasteiger partial charge >= 0.3 is 6.03 Å². The van der Waals surface area contributed by atoms with E-state index in [1.807, 2.05) is 30.3 Å². The predicted octanol–water partition coefficient (Wildman–Crippen LogP) is 3.42. The highest BCUT2D eigenvalue weighted by atomic mass is 35.5.